The van der Waals surface area contributed by atoms with E-state index in [1.807, 2.05) is 0 Å². The first kappa shape index (κ1) is 19.4. The van der Waals surface area contributed by atoms with Gasteiger partial charge in [0.15, 0.2) is 6.29 Å². The van der Waals surface area contributed by atoms with Gasteiger partial charge in [-0.1, -0.05) is 13.2 Å². The van der Waals surface area contributed by atoms with Crippen LogP contribution < -0.4 is 0 Å². The van der Waals surface area contributed by atoms with Crippen molar-refractivity contribution >= 4 is 0 Å². The van der Waals surface area contributed by atoms with Gasteiger partial charge in [0.05, 0.1) is 45.6 Å². The van der Waals surface area contributed by atoms with Crippen LogP contribution in [0.25, 0.3) is 0 Å². The average Bonchev–Trinajstić information content (AvgIpc) is 2.36. The Hall–Kier alpha value is -0.920. The molecule has 6 heteroatoms. The van der Waals surface area contributed by atoms with Gasteiger partial charge in [0.1, 0.15) is 0 Å². The topological polar surface area (TPSA) is 77.4 Å². The van der Waals surface area contributed by atoms with Crippen LogP contribution in [0.1, 0.15) is 6.92 Å². The molecular formula is C12H24O6. The van der Waals surface area contributed by atoms with Gasteiger partial charge in [0, 0.05) is 6.61 Å². The highest BCUT2D eigenvalue weighted by atomic mass is 16.6. The summed E-state index contributed by atoms with van der Waals surface area (Å²) in [6, 6.07) is 0. The van der Waals surface area contributed by atoms with E-state index in [0.717, 1.165) is 0 Å². The van der Waals surface area contributed by atoms with Crippen molar-refractivity contribution in [3.63, 3.8) is 0 Å². The molecule has 0 aliphatic heterocycles. The number of rotatable bonds is 11. The molecule has 108 valence electrons. The summed E-state index contributed by atoms with van der Waals surface area (Å²) in [5, 5.41) is 17.4. The van der Waals surface area contributed by atoms with Crippen LogP contribution in [0.4, 0.5) is 0 Å². The molecule has 2 N–H and O–H groups in total. The molecule has 0 saturated heterocycles. The number of hydrogen-bond donors (Lipinski definition) is 2. The zero-order chi connectivity index (χ0) is 14.1. The highest BCUT2D eigenvalue weighted by molar-refractivity contribution is 4.57. The second-order valence-corrected chi connectivity index (χ2v) is 2.79. The van der Waals surface area contributed by atoms with Crippen molar-refractivity contribution in [2.45, 2.75) is 13.2 Å². The second kappa shape index (κ2) is 18.4. The Kier molecular flexibility index (Phi) is 19.9. The Balaban J connectivity index is 0. The fourth-order valence-corrected chi connectivity index (χ4v) is 0.777. The van der Waals surface area contributed by atoms with Crippen LogP contribution in [0.15, 0.2) is 25.7 Å². The summed E-state index contributed by atoms with van der Waals surface area (Å²) < 4.78 is 19.1. The summed E-state index contributed by atoms with van der Waals surface area (Å²) in [5.41, 5.74) is 0. The first-order valence-electron chi connectivity index (χ1n) is 5.66. The van der Waals surface area contributed by atoms with Crippen molar-refractivity contribution in [1.82, 2.24) is 0 Å². The molecule has 0 spiro atoms. The lowest BCUT2D eigenvalue weighted by molar-refractivity contribution is -0.137. The Labute approximate surface area is 108 Å². The highest BCUT2D eigenvalue weighted by Crippen LogP contribution is 1.88. The van der Waals surface area contributed by atoms with Gasteiger partial charge in [0.2, 0.25) is 0 Å². The monoisotopic (exact) mass is 264 g/mol. The molecule has 0 aromatic heterocycles. The zero-order valence-electron chi connectivity index (χ0n) is 10.9. The van der Waals surface area contributed by atoms with Crippen molar-refractivity contribution in [3.05, 3.63) is 25.7 Å². The summed E-state index contributed by atoms with van der Waals surface area (Å²) in [5.74, 6) is 0. The summed E-state index contributed by atoms with van der Waals surface area (Å²) in [6.45, 7) is 10.1. The van der Waals surface area contributed by atoms with Gasteiger partial charge >= 0.3 is 0 Å². The molecule has 0 radical (unpaired) electrons. The molecule has 0 amide bonds. The lowest BCUT2D eigenvalue weighted by Crippen LogP contribution is -2.20. The van der Waals surface area contributed by atoms with Crippen molar-refractivity contribution in [1.29, 1.82) is 0 Å². The molecule has 6 nitrogen and oxygen atoms in total. The fourth-order valence-electron chi connectivity index (χ4n) is 0.777. The number of aliphatic hydroxyl groups excluding tert-OH is 2. The van der Waals surface area contributed by atoms with Crippen molar-refractivity contribution in [3.8, 4) is 0 Å². The van der Waals surface area contributed by atoms with Crippen LogP contribution >= 0.6 is 0 Å². The van der Waals surface area contributed by atoms with E-state index >= 15 is 0 Å². The van der Waals surface area contributed by atoms with Gasteiger partial charge in [-0.15, -0.1) is 0 Å². The third kappa shape index (κ3) is 20.5. The van der Waals surface area contributed by atoms with Crippen molar-refractivity contribution < 1.29 is 29.2 Å². The van der Waals surface area contributed by atoms with Crippen LogP contribution in [0.5, 0.6) is 0 Å². The number of hydrogen-bond acceptors (Lipinski definition) is 6. The first-order chi connectivity index (χ1) is 8.72. The third-order valence-corrected chi connectivity index (χ3v) is 1.42. The molecular weight excluding hydrogens is 240 g/mol. The molecule has 0 aromatic rings. The van der Waals surface area contributed by atoms with Gasteiger partial charge < -0.3 is 29.2 Å². The summed E-state index contributed by atoms with van der Waals surface area (Å²) in [4.78, 5) is 0. The lowest BCUT2D eigenvalue weighted by Gasteiger charge is -2.10. The van der Waals surface area contributed by atoms with Crippen molar-refractivity contribution in [2.75, 3.05) is 39.6 Å². The summed E-state index contributed by atoms with van der Waals surface area (Å²) >= 11 is 0. The molecule has 0 heterocycles. The molecule has 0 bridgehead atoms. The van der Waals surface area contributed by atoms with E-state index in [9.17, 15) is 0 Å². The molecule has 1 unspecified atom stereocenters. The minimum absolute atomic E-state index is 0.0154. The van der Waals surface area contributed by atoms with Crippen LogP contribution in [0, 0.1) is 0 Å². The SMILES string of the molecule is C=COC=C.CCOC(O)COCCOCCO. The maximum atomic E-state index is 9.02. The van der Waals surface area contributed by atoms with Crippen molar-refractivity contribution in [2.24, 2.45) is 0 Å². The zero-order valence-corrected chi connectivity index (χ0v) is 10.9. The third-order valence-electron chi connectivity index (χ3n) is 1.42. The largest absolute Gasteiger partial charge is 0.474 e. The van der Waals surface area contributed by atoms with Crippen LogP contribution in [-0.4, -0.2) is 56.1 Å². The normalized spacial score (nSPS) is 11.1. The van der Waals surface area contributed by atoms with E-state index in [2.05, 4.69) is 17.9 Å². The molecule has 0 fully saturated rings. The van der Waals surface area contributed by atoms with E-state index in [-0.39, 0.29) is 13.2 Å². The average molecular weight is 264 g/mol. The van der Waals surface area contributed by atoms with E-state index in [1.165, 1.54) is 12.5 Å². The predicted octanol–water partition coefficient (Wildman–Crippen LogP) is 0.657. The maximum absolute atomic E-state index is 9.02. The van der Waals surface area contributed by atoms with Crippen LogP contribution in [-0.2, 0) is 18.9 Å². The maximum Gasteiger partial charge on any atom is 0.178 e. The predicted molar refractivity (Wildman–Crippen MR) is 67.8 cm³/mol. The number of aliphatic hydroxyl groups is 2. The van der Waals surface area contributed by atoms with E-state index in [0.29, 0.717) is 26.4 Å². The van der Waals surface area contributed by atoms with Gasteiger partial charge in [-0.2, -0.15) is 0 Å². The minimum atomic E-state index is -0.858. The van der Waals surface area contributed by atoms with Gasteiger partial charge in [0.25, 0.3) is 0 Å². The quantitative estimate of drug-likeness (QED) is 0.324. The van der Waals surface area contributed by atoms with Gasteiger partial charge in [-0.05, 0) is 6.92 Å². The molecule has 0 aliphatic carbocycles. The molecule has 0 aromatic carbocycles. The van der Waals surface area contributed by atoms with E-state index in [4.69, 9.17) is 24.4 Å². The minimum Gasteiger partial charge on any atom is -0.474 e. The molecule has 0 saturated carbocycles. The lowest BCUT2D eigenvalue weighted by atomic mass is 10.6. The van der Waals surface area contributed by atoms with E-state index in [1.54, 1.807) is 6.92 Å². The Morgan fingerprint density at radius 3 is 2.17 bits per heavy atom. The van der Waals surface area contributed by atoms with Gasteiger partial charge in [-0.3, -0.25) is 0 Å². The van der Waals surface area contributed by atoms with E-state index < -0.39 is 6.29 Å². The molecule has 1 atom stereocenters. The Morgan fingerprint density at radius 2 is 1.72 bits per heavy atom. The second-order valence-electron chi connectivity index (χ2n) is 2.79. The fraction of sp³-hybridized carbons (Fsp3) is 0.667. The van der Waals surface area contributed by atoms with Gasteiger partial charge in [-0.25, -0.2) is 0 Å². The number of ether oxygens (including phenoxy) is 4. The first-order valence-corrected chi connectivity index (χ1v) is 5.66. The highest BCUT2D eigenvalue weighted by Gasteiger charge is 2.01. The summed E-state index contributed by atoms with van der Waals surface area (Å²) in [6.07, 6.45) is 1.77. The van der Waals surface area contributed by atoms with Crippen LogP contribution in [0.3, 0.4) is 0 Å². The smallest absolute Gasteiger partial charge is 0.178 e. The molecule has 18 heavy (non-hydrogen) atoms. The Bertz CT molecular complexity index is 168. The van der Waals surface area contributed by atoms with Crippen LogP contribution in [0.2, 0.25) is 0 Å². The molecule has 0 rings (SSSR count). The summed E-state index contributed by atoms with van der Waals surface area (Å²) in [7, 11) is 0. The standard InChI is InChI=1S/C8H18O5.C4H6O/c1-2-13-8(10)7-12-6-5-11-4-3-9;1-3-5-4-2/h8-10H,2-7H2,1H3;3-4H,1-2H2. The Morgan fingerprint density at radius 1 is 1.11 bits per heavy atom. The molecule has 0 aliphatic rings.